The molecule has 27 heavy (non-hydrogen) atoms. The number of hydrogen-bond acceptors (Lipinski definition) is 7. The summed E-state index contributed by atoms with van der Waals surface area (Å²) >= 11 is 0. The highest BCUT2D eigenvalue weighted by atomic mass is 16.6. The molecule has 4 rings (SSSR count). The number of likely N-dealkylation sites (N-methyl/N-ethyl adjacent to an activating group) is 1. The van der Waals surface area contributed by atoms with E-state index >= 15 is 0 Å². The van der Waals surface area contributed by atoms with Crippen molar-refractivity contribution in [1.29, 1.82) is 0 Å². The van der Waals surface area contributed by atoms with Gasteiger partial charge in [-0.05, 0) is 37.1 Å². The Hall–Kier alpha value is -1.96. The van der Waals surface area contributed by atoms with Gasteiger partial charge in [-0.3, -0.25) is 10.1 Å². The average Bonchev–Trinajstić information content (AvgIpc) is 2.83. The SMILES string of the molecule is CN1CCN(c2ncnc(N3CC4(C)CC3CC(C)(C)C4)c2[N+](=O)[O-])CC1. The summed E-state index contributed by atoms with van der Waals surface area (Å²) < 4.78 is 0. The van der Waals surface area contributed by atoms with Crippen LogP contribution < -0.4 is 9.80 Å². The highest BCUT2D eigenvalue weighted by Gasteiger charge is 2.51. The topological polar surface area (TPSA) is 78.6 Å². The van der Waals surface area contributed by atoms with Crippen LogP contribution in [0.5, 0.6) is 0 Å². The largest absolute Gasteiger partial charge is 0.353 e. The van der Waals surface area contributed by atoms with Gasteiger partial charge in [0.15, 0.2) is 0 Å². The number of hydrogen-bond donors (Lipinski definition) is 0. The Balaban J connectivity index is 1.71. The molecule has 2 bridgehead atoms. The van der Waals surface area contributed by atoms with Gasteiger partial charge in [-0.25, -0.2) is 9.97 Å². The summed E-state index contributed by atoms with van der Waals surface area (Å²) in [6, 6.07) is 0.313. The Morgan fingerprint density at radius 3 is 2.44 bits per heavy atom. The van der Waals surface area contributed by atoms with Crippen LogP contribution in [0, 0.1) is 20.9 Å². The molecule has 3 aliphatic rings. The molecule has 2 unspecified atom stereocenters. The van der Waals surface area contributed by atoms with Gasteiger partial charge < -0.3 is 14.7 Å². The molecule has 1 aromatic heterocycles. The Kier molecular flexibility index (Phi) is 4.29. The molecule has 1 aromatic rings. The molecule has 1 aliphatic carbocycles. The molecule has 8 heteroatoms. The van der Waals surface area contributed by atoms with Crippen molar-refractivity contribution >= 4 is 17.3 Å². The second-order valence-electron chi connectivity index (χ2n) is 9.76. The predicted molar refractivity (Wildman–Crippen MR) is 105 cm³/mol. The highest BCUT2D eigenvalue weighted by molar-refractivity contribution is 5.72. The number of fused-ring (bicyclic) bond motifs is 2. The molecule has 2 aliphatic heterocycles. The van der Waals surface area contributed by atoms with Crippen molar-refractivity contribution in [3.63, 3.8) is 0 Å². The lowest BCUT2D eigenvalue weighted by molar-refractivity contribution is -0.383. The van der Waals surface area contributed by atoms with Crippen LogP contribution in [0.1, 0.15) is 40.0 Å². The van der Waals surface area contributed by atoms with Gasteiger partial charge in [-0.15, -0.1) is 0 Å². The first-order valence-electron chi connectivity index (χ1n) is 9.87. The van der Waals surface area contributed by atoms with Gasteiger partial charge in [0.1, 0.15) is 6.33 Å². The van der Waals surface area contributed by atoms with Crippen molar-refractivity contribution in [2.75, 3.05) is 49.6 Å². The smallest absolute Gasteiger partial charge is 0.348 e. The van der Waals surface area contributed by atoms with Crippen LogP contribution in [0.3, 0.4) is 0 Å². The molecule has 0 spiro atoms. The molecule has 0 N–H and O–H groups in total. The summed E-state index contributed by atoms with van der Waals surface area (Å²) in [6.45, 7) is 11.0. The molecule has 1 saturated carbocycles. The number of nitrogens with zero attached hydrogens (tertiary/aromatic N) is 6. The monoisotopic (exact) mass is 374 g/mol. The van der Waals surface area contributed by atoms with Crippen molar-refractivity contribution in [3.8, 4) is 0 Å². The molecule has 2 atom stereocenters. The van der Waals surface area contributed by atoms with Crippen LogP contribution >= 0.6 is 0 Å². The average molecular weight is 374 g/mol. The lowest BCUT2D eigenvalue weighted by atomic mass is 9.65. The van der Waals surface area contributed by atoms with Crippen molar-refractivity contribution < 1.29 is 4.92 Å². The highest BCUT2D eigenvalue weighted by Crippen LogP contribution is 2.54. The summed E-state index contributed by atoms with van der Waals surface area (Å²) in [4.78, 5) is 27.0. The van der Waals surface area contributed by atoms with E-state index in [2.05, 4.69) is 47.6 Å². The van der Waals surface area contributed by atoms with Crippen molar-refractivity contribution in [2.24, 2.45) is 10.8 Å². The van der Waals surface area contributed by atoms with Gasteiger partial charge in [0.2, 0.25) is 11.6 Å². The number of nitro groups is 1. The predicted octanol–water partition coefficient (Wildman–Crippen LogP) is 2.54. The third-order valence-electron chi connectivity index (χ3n) is 6.46. The maximum absolute atomic E-state index is 12.1. The van der Waals surface area contributed by atoms with Gasteiger partial charge in [-0.1, -0.05) is 20.8 Å². The molecule has 0 aromatic carbocycles. The normalized spacial score (nSPS) is 30.6. The third-order valence-corrected chi connectivity index (χ3v) is 6.46. The molecule has 3 heterocycles. The minimum Gasteiger partial charge on any atom is -0.348 e. The molecule has 3 fully saturated rings. The minimum absolute atomic E-state index is 0.0796. The molecular formula is C19H30N6O2. The fourth-order valence-corrected chi connectivity index (χ4v) is 5.69. The molecular weight excluding hydrogens is 344 g/mol. The zero-order chi connectivity index (χ0) is 19.4. The summed E-state index contributed by atoms with van der Waals surface area (Å²) in [5.74, 6) is 0.985. The standard InChI is InChI=1S/C19H30N6O2/c1-18(2)9-14-10-19(3,11-18)12-24(14)17-15(25(26)27)16(20-13-21-17)23-7-5-22(4)6-8-23/h13-14H,5-12H2,1-4H3. The molecule has 8 nitrogen and oxygen atoms in total. The van der Waals surface area contributed by atoms with Crippen LogP contribution in [-0.2, 0) is 0 Å². The van der Waals surface area contributed by atoms with E-state index in [1.54, 1.807) is 0 Å². The van der Waals surface area contributed by atoms with Gasteiger partial charge in [0.25, 0.3) is 0 Å². The second-order valence-corrected chi connectivity index (χ2v) is 9.76. The van der Waals surface area contributed by atoms with Crippen LogP contribution in [0.2, 0.25) is 0 Å². The van der Waals surface area contributed by atoms with E-state index in [9.17, 15) is 10.1 Å². The summed E-state index contributed by atoms with van der Waals surface area (Å²) in [6.07, 6.45) is 4.79. The van der Waals surface area contributed by atoms with E-state index in [1.807, 2.05) is 4.90 Å². The Bertz CT molecular complexity index is 746. The molecule has 0 amide bonds. The molecule has 2 saturated heterocycles. The first-order valence-corrected chi connectivity index (χ1v) is 9.87. The van der Waals surface area contributed by atoms with Crippen LogP contribution in [0.25, 0.3) is 0 Å². The second kappa shape index (κ2) is 6.29. The number of anilines is 2. The zero-order valence-electron chi connectivity index (χ0n) is 16.8. The van der Waals surface area contributed by atoms with Crippen molar-refractivity contribution in [2.45, 2.75) is 46.1 Å². The van der Waals surface area contributed by atoms with Crippen molar-refractivity contribution in [3.05, 3.63) is 16.4 Å². The van der Waals surface area contributed by atoms with Gasteiger partial charge in [0, 0.05) is 38.8 Å². The fraction of sp³-hybridized carbons (Fsp3) is 0.789. The van der Waals surface area contributed by atoms with Crippen LogP contribution in [-0.4, -0.2) is 65.6 Å². The molecule has 0 radical (unpaired) electrons. The molecule has 148 valence electrons. The third kappa shape index (κ3) is 3.35. The summed E-state index contributed by atoms with van der Waals surface area (Å²) in [5, 5.41) is 12.1. The summed E-state index contributed by atoms with van der Waals surface area (Å²) in [7, 11) is 2.07. The Morgan fingerprint density at radius 2 is 1.78 bits per heavy atom. The number of rotatable bonds is 3. The Morgan fingerprint density at radius 1 is 1.11 bits per heavy atom. The first-order chi connectivity index (χ1) is 12.7. The maximum Gasteiger partial charge on any atom is 0.353 e. The van der Waals surface area contributed by atoms with Crippen LogP contribution in [0.4, 0.5) is 17.3 Å². The van der Waals surface area contributed by atoms with E-state index in [0.29, 0.717) is 17.7 Å². The number of piperazine rings is 1. The fourth-order valence-electron chi connectivity index (χ4n) is 5.69. The van der Waals surface area contributed by atoms with E-state index in [4.69, 9.17) is 0 Å². The maximum atomic E-state index is 12.1. The quantitative estimate of drug-likeness (QED) is 0.594. The van der Waals surface area contributed by atoms with E-state index in [1.165, 1.54) is 6.33 Å². The lowest BCUT2D eigenvalue weighted by Crippen LogP contribution is -2.45. The van der Waals surface area contributed by atoms with Gasteiger partial charge in [0.05, 0.1) is 4.92 Å². The van der Waals surface area contributed by atoms with E-state index < -0.39 is 0 Å². The minimum atomic E-state index is -0.279. The van der Waals surface area contributed by atoms with Crippen LogP contribution in [0.15, 0.2) is 6.33 Å². The van der Waals surface area contributed by atoms with Gasteiger partial charge in [-0.2, -0.15) is 0 Å². The van der Waals surface area contributed by atoms with E-state index in [0.717, 1.165) is 52.0 Å². The number of aromatic nitrogens is 2. The van der Waals surface area contributed by atoms with E-state index in [-0.39, 0.29) is 21.4 Å². The first kappa shape index (κ1) is 18.4. The lowest BCUT2D eigenvalue weighted by Gasteiger charge is -2.39. The summed E-state index contributed by atoms with van der Waals surface area (Å²) in [5.41, 5.74) is 0.532. The van der Waals surface area contributed by atoms with Crippen molar-refractivity contribution in [1.82, 2.24) is 14.9 Å². The van der Waals surface area contributed by atoms with Gasteiger partial charge >= 0.3 is 5.69 Å². The Labute approximate surface area is 160 Å². The zero-order valence-corrected chi connectivity index (χ0v) is 16.8.